The molecule has 4 nitrogen and oxygen atoms in total. The molecule has 2 aromatic carbocycles. The molecular weight excluding hydrogens is 371 g/mol. The number of hydrogen-bond acceptors (Lipinski definition) is 3. The first-order chi connectivity index (χ1) is 13.3. The number of nitrogens with one attached hydrogen (secondary N) is 1. The maximum absolute atomic E-state index is 13.7. The third-order valence-corrected chi connectivity index (χ3v) is 5.11. The van der Waals surface area contributed by atoms with E-state index in [2.05, 4.69) is 5.32 Å². The summed E-state index contributed by atoms with van der Waals surface area (Å²) in [6, 6.07) is 8.84. The first kappa shape index (κ1) is 19.9. The highest BCUT2D eigenvalue weighted by Crippen LogP contribution is 2.42. The van der Waals surface area contributed by atoms with E-state index in [0.29, 0.717) is 18.4 Å². The van der Waals surface area contributed by atoms with Crippen molar-refractivity contribution >= 4 is 17.6 Å². The van der Waals surface area contributed by atoms with Crippen LogP contribution in [-0.4, -0.2) is 18.0 Å². The number of ether oxygens (including phenoxy) is 1. The largest absolute Gasteiger partial charge is 0.452 e. The Bertz CT molecular complexity index is 857. The lowest BCUT2D eigenvalue weighted by molar-refractivity contribution is -0.159. The first-order valence-corrected chi connectivity index (χ1v) is 9.05. The number of benzene rings is 2. The number of esters is 1. The van der Waals surface area contributed by atoms with Crippen molar-refractivity contribution in [3.63, 3.8) is 0 Å². The van der Waals surface area contributed by atoms with Crippen LogP contribution < -0.4 is 5.32 Å². The number of rotatable bonds is 5. The minimum Gasteiger partial charge on any atom is -0.452 e. The molecule has 0 unspecified atom stereocenters. The molecule has 1 N–H and O–H groups in total. The average molecular weight is 391 g/mol. The van der Waals surface area contributed by atoms with Crippen molar-refractivity contribution in [3.8, 4) is 0 Å². The van der Waals surface area contributed by atoms with E-state index in [9.17, 15) is 22.8 Å². The lowest BCUT2D eigenvalue weighted by Gasteiger charge is -2.28. The van der Waals surface area contributed by atoms with Crippen LogP contribution in [0.5, 0.6) is 0 Å². The second-order valence-electron chi connectivity index (χ2n) is 6.93. The van der Waals surface area contributed by atoms with Gasteiger partial charge in [-0.25, -0.2) is 13.2 Å². The summed E-state index contributed by atoms with van der Waals surface area (Å²) in [6.45, 7) is 1.33. The highest BCUT2D eigenvalue weighted by Gasteiger charge is 2.45. The maximum atomic E-state index is 13.7. The van der Waals surface area contributed by atoms with Crippen molar-refractivity contribution in [3.05, 3.63) is 65.5 Å². The van der Waals surface area contributed by atoms with Crippen LogP contribution in [0.25, 0.3) is 0 Å². The van der Waals surface area contributed by atoms with Crippen LogP contribution >= 0.6 is 0 Å². The summed E-state index contributed by atoms with van der Waals surface area (Å²) in [6.07, 6.45) is 1.38. The van der Waals surface area contributed by atoms with E-state index < -0.39 is 46.5 Å². The zero-order valence-electron chi connectivity index (χ0n) is 15.3. The fourth-order valence-corrected chi connectivity index (χ4v) is 3.53. The zero-order chi connectivity index (χ0) is 20.3. The minimum atomic E-state index is -1.26. The molecule has 1 aliphatic rings. The van der Waals surface area contributed by atoms with Gasteiger partial charge in [0.1, 0.15) is 23.1 Å². The summed E-state index contributed by atoms with van der Waals surface area (Å²) in [5, 5.41) is 2.12. The monoisotopic (exact) mass is 391 g/mol. The number of halogens is 3. The second kappa shape index (κ2) is 8.04. The van der Waals surface area contributed by atoms with Crippen molar-refractivity contribution in [1.82, 2.24) is 0 Å². The van der Waals surface area contributed by atoms with Crippen LogP contribution in [0.3, 0.4) is 0 Å². The van der Waals surface area contributed by atoms with Gasteiger partial charge in [0.25, 0.3) is 5.91 Å². The Morgan fingerprint density at radius 3 is 2.14 bits per heavy atom. The molecule has 1 aliphatic carbocycles. The van der Waals surface area contributed by atoms with Crippen molar-refractivity contribution in [2.45, 2.75) is 44.1 Å². The Balaban J connectivity index is 1.74. The van der Waals surface area contributed by atoms with Crippen LogP contribution in [0.15, 0.2) is 42.5 Å². The van der Waals surface area contributed by atoms with E-state index in [0.717, 1.165) is 25.0 Å². The molecule has 0 spiro atoms. The Kier molecular flexibility index (Phi) is 5.72. The lowest BCUT2D eigenvalue weighted by atomic mass is 9.79. The highest BCUT2D eigenvalue weighted by molar-refractivity contribution is 5.96. The SMILES string of the molecule is C[C@H](OC(=O)C1(c2ccc(F)cc2)CCCC1)C(=O)Nc1c(F)cccc1F. The van der Waals surface area contributed by atoms with Crippen molar-refractivity contribution in [1.29, 1.82) is 0 Å². The molecule has 0 bridgehead atoms. The third-order valence-electron chi connectivity index (χ3n) is 5.11. The molecule has 1 fully saturated rings. The number of amides is 1. The lowest BCUT2D eigenvalue weighted by Crippen LogP contribution is -2.40. The normalized spacial score (nSPS) is 16.4. The van der Waals surface area contributed by atoms with E-state index in [4.69, 9.17) is 4.74 Å². The summed E-state index contributed by atoms with van der Waals surface area (Å²) in [7, 11) is 0. The molecule has 0 radical (unpaired) electrons. The Morgan fingerprint density at radius 2 is 1.57 bits per heavy atom. The van der Waals surface area contributed by atoms with Crippen molar-refractivity contribution in [2.75, 3.05) is 5.32 Å². The molecule has 1 atom stereocenters. The molecule has 2 aromatic rings. The fraction of sp³-hybridized carbons (Fsp3) is 0.333. The predicted octanol–water partition coefficient (Wildman–Crippen LogP) is 4.49. The molecule has 148 valence electrons. The maximum Gasteiger partial charge on any atom is 0.317 e. The quantitative estimate of drug-likeness (QED) is 0.765. The van der Waals surface area contributed by atoms with Gasteiger partial charge in [-0.2, -0.15) is 0 Å². The van der Waals surface area contributed by atoms with Gasteiger partial charge in [-0.1, -0.05) is 31.0 Å². The topological polar surface area (TPSA) is 55.4 Å². The molecule has 28 heavy (non-hydrogen) atoms. The van der Waals surface area contributed by atoms with Gasteiger partial charge in [0, 0.05) is 0 Å². The average Bonchev–Trinajstić information content (AvgIpc) is 3.16. The summed E-state index contributed by atoms with van der Waals surface area (Å²) in [4.78, 5) is 25.2. The second-order valence-corrected chi connectivity index (χ2v) is 6.93. The predicted molar refractivity (Wildman–Crippen MR) is 97.1 cm³/mol. The number of para-hydroxylation sites is 1. The van der Waals surface area contributed by atoms with Gasteiger partial charge in [-0.15, -0.1) is 0 Å². The van der Waals surface area contributed by atoms with E-state index in [1.165, 1.54) is 25.1 Å². The molecular formula is C21H20F3NO3. The van der Waals surface area contributed by atoms with E-state index in [-0.39, 0.29) is 0 Å². The van der Waals surface area contributed by atoms with Crippen LogP contribution in [0.1, 0.15) is 38.2 Å². The number of anilines is 1. The highest BCUT2D eigenvalue weighted by atomic mass is 19.1. The van der Waals surface area contributed by atoms with E-state index in [1.54, 1.807) is 12.1 Å². The van der Waals surface area contributed by atoms with Crippen LogP contribution in [0, 0.1) is 17.5 Å². The van der Waals surface area contributed by atoms with E-state index >= 15 is 0 Å². The fourth-order valence-electron chi connectivity index (χ4n) is 3.53. The summed E-state index contributed by atoms with van der Waals surface area (Å²) in [5.74, 6) is -3.71. The smallest absolute Gasteiger partial charge is 0.317 e. The van der Waals surface area contributed by atoms with Gasteiger partial charge < -0.3 is 10.1 Å². The van der Waals surface area contributed by atoms with Gasteiger partial charge >= 0.3 is 5.97 Å². The Hall–Kier alpha value is -2.83. The molecule has 7 heteroatoms. The van der Waals surface area contributed by atoms with Crippen molar-refractivity contribution < 1.29 is 27.5 Å². The zero-order valence-corrected chi connectivity index (χ0v) is 15.3. The van der Waals surface area contributed by atoms with Gasteiger partial charge in [0.05, 0.1) is 5.41 Å². The number of carbonyl (C=O) groups is 2. The van der Waals surface area contributed by atoms with Crippen LogP contribution in [-0.2, 0) is 19.7 Å². The summed E-state index contributed by atoms with van der Waals surface area (Å²) >= 11 is 0. The minimum absolute atomic E-state index is 0.412. The molecule has 0 heterocycles. The molecule has 1 amide bonds. The van der Waals surface area contributed by atoms with Crippen LogP contribution in [0.2, 0.25) is 0 Å². The first-order valence-electron chi connectivity index (χ1n) is 9.05. The molecule has 3 rings (SSSR count). The van der Waals surface area contributed by atoms with Crippen molar-refractivity contribution in [2.24, 2.45) is 0 Å². The van der Waals surface area contributed by atoms with Gasteiger partial charge in [0.2, 0.25) is 0 Å². The molecule has 0 aliphatic heterocycles. The van der Waals surface area contributed by atoms with E-state index in [1.807, 2.05) is 0 Å². The van der Waals surface area contributed by atoms with Gasteiger partial charge in [0.15, 0.2) is 6.10 Å². The third kappa shape index (κ3) is 3.88. The Morgan fingerprint density at radius 1 is 1.00 bits per heavy atom. The molecule has 1 saturated carbocycles. The van der Waals surface area contributed by atoms with Crippen LogP contribution in [0.4, 0.5) is 18.9 Å². The standard InChI is InChI=1S/C21H20F3NO3/c1-13(19(26)25-18-16(23)5-4-6-17(18)24)28-20(27)21(11-2-3-12-21)14-7-9-15(22)10-8-14/h4-10,13H,2-3,11-12H2,1H3,(H,25,26)/t13-/m0/s1. The molecule has 0 saturated heterocycles. The van der Waals surface area contributed by atoms with Gasteiger partial charge in [-0.05, 0) is 49.6 Å². The summed E-state index contributed by atoms with van der Waals surface area (Å²) < 4.78 is 46.0. The summed E-state index contributed by atoms with van der Waals surface area (Å²) in [5.41, 5.74) is -0.917. The Labute approximate surface area is 160 Å². The number of hydrogen-bond donors (Lipinski definition) is 1. The number of carbonyl (C=O) groups excluding carboxylic acids is 2. The van der Waals surface area contributed by atoms with Gasteiger partial charge in [-0.3, -0.25) is 9.59 Å². The molecule has 0 aromatic heterocycles.